The van der Waals surface area contributed by atoms with Crippen molar-refractivity contribution < 1.29 is 9.84 Å². The Bertz CT molecular complexity index is 849. The van der Waals surface area contributed by atoms with Crippen LogP contribution in [0.15, 0.2) is 48.7 Å². The summed E-state index contributed by atoms with van der Waals surface area (Å²) in [7, 11) is 0. The molecule has 3 atom stereocenters. The van der Waals surface area contributed by atoms with Crippen molar-refractivity contribution in [1.82, 2.24) is 10.3 Å². The van der Waals surface area contributed by atoms with E-state index in [0.29, 0.717) is 6.04 Å². The second-order valence-corrected chi connectivity index (χ2v) is 9.64. The molecule has 1 spiro atoms. The largest absolute Gasteiger partial charge is 0.388 e. The van der Waals surface area contributed by atoms with E-state index in [-0.39, 0.29) is 17.1 Å². The van der Waals surface area contributed by atoms with E-state index in [4.69, 9.17) is 9.72 Å². The molecule has 2 heterocycles. The molecule has 160 valence electrons. The molecule has 1 aliphatic heterocycles. The number of nitrogens with one attached hydrogen (secondary N) is 1. The lowest BCUT2D eigenvalue weighted by Crippen LogP contribution is -2.47. The minimum atomic E-state index is -0.322. The summed E-state index contributed by atoms with van der Waals surface area (Å²) in [6, 6.07) is 15.1. The molecule has 4 nitrogen and oxygen atoms in total. The van der Waals surface area contributed by atoms with Gasteiger partial charge in [-0.05, 0) is 74.8 Å². The topological polar surface area (TPSA) is 54.4 Å². The second-order valence-electron chi connectivity index (χ2n) is 9.64. The first-order valence-corrected chi connectivity index (χ1v) is 11.8. The number of pyridine rings is 1. The van der Waals surface area contributed by atoms with Crippen LogP contribution in [-0.4, -0.2) is 28.8 Å². The maximum absolute atomic E-state index is 10.4. The van der Waals surface area contributed by atoms with E-state index in [9.17, 15) is 5.11 Å². The standard InChI is InChI=1S/C26H34N2O2/c29-23-11-10-22(20-7-1-2-8-21(20)23)27-17-14-25(24-9-3-6-16-28-24)15-18-30-26(19-25)12-4-5-13-26/h1-3,6-9,16,22-23,27,29H,4-5,10-15,17-19H2/t22-,23-,25+/m0/s1. The zero-order valence-electron chi connectivity index (χ0n) is 17.9. The first-order valence-electron chi connectivity index (χ1n) is 11.8. The Morgan fingerprint density at radius 2 is 1.80 bits per heavy atom. The molecule has 1 saturated carbocycles. The maximum Gasteiger partial charge on any atom is 0.0794 e. The van der Waals surface area contributed by atoms with Crippen molar-refractivity contribution in [1.29, 1.82) is 0 Å². The van der Waals surface area contributed by atoms with Crippen LogP contribution < -0.4 is 5.32 Å². The lowest BCUT2D eigenvalue weighted by atomic mass is 9.68. The van der Waals surface area contributed by atoms with Crippen molar-refractivity contribution in [2.24, 2.45) is 0 Å². The molecule has 3 aliphatic rings. The van der Waals surface area contributed by atoms with Gasteiger partial charge in [0, 0.05) is 30.0 Å². The molecule has 1 aromatic carbocycles. The first-order chi connectivity index (χ1) is 14.7. The maximum atomic E-state index is 10.4. The van der Waals surface area contributed by atoms with E-state index < -0.39 is 0 Å². The highest BCUT2D eigenvalue weighted by atomic mass is 16.5. The Balaban J connectivity index is 1.34. The molecule has 4 heteroatoms. The van der Waals surface area contributed by atoms with Crippen LogP contribution in [0.3, 0.4) is 0 Å². The number of hydrogen-bond acceptors (Lipinski definition) is 4. The predicted molar refractivity (Wildman–Crippen MR) is 118 cm³/mol. The molecule has 1 saturated heterocycles. The minimum absolute atomic E-state index is 0.0668. The van der Waals surface area contributed by atoms with Crippen molar-refractivity contribution in [2.45, 2.75) is 80.9 Å². The molecule has 5 rings (SSSR count). The van der Waals surface area contributed by atoms with Crippen LogP contribution in [0.2, 0.25) is 0 Å². The van der Waals surface area contributed by atoms with Crippen molar-refractivity contribution in [3.8, 4) is 0 Å². The van der Waals surface area contributed by atoms with E-state index in [1.165, 1.54) is 36.9 Å². The van der Waals surface area contributed by atoms with E-state index in [1.807, 2.05) is 18.3 Å². The van der Waals surface area contributed by atoms with E-state index in [0.717, 1.165) is 50.8 Å². The summed E-state index contributed by atoms with van der Waals surface area (Å²) < 4.78 is 6.38. The van der Waals surface area contributed by atoms with Gasteiger partial charge in [-0.3, -0.25) is 4.98 Å². The highest BCUT2D eigenvalue weighted by Gasteiger charge is 2.48. The highest BCUT2D eigenvalue weighted by Crippen LogP contribution is 2.49. The Morgan fingerprint density at radius 3 is 2.60 bits per heavy atom. The third-order valence-corrected chi connectivity index (χ3v) is 7.83. The zero-order valence-corrected chi connectivity index (χ0v) is 17.9. The fourth-order valence-corrected chi connectivity index (χ4v) is 6.26. The van der Waals surface area contributed by atoms with Crippen LogP contribution in [-0.2, 0) is 10.2 Å². The van der Waals surface area contributed by atoms with E-state index >= 15 is 0 Å². The van der Waals surface area contributed by atoms with Gasteiger partial charge in [0.2, 0.25) is 0 Å². The van der Waals surface area contributed by atoms with Crippen LogP contribution in [0.5, 0.6) is 0 Å². The van der Waals surface area contributed by atoms with Gasteiger partial charge in [0.15, 0.2) is 0 Å². The molecular weight excluding hydrogens is 372 g/mol. The predicted octanol–water partition coefficient (Wildman–Crippen LogP) is 4.99. The van der Waals surface area contributed by atoms with Gasteiger partial charge < -0.3 is 15.2 Å². The zero-order chi connectivity index (χ0) is 20.4. The lowest BCUT2D eigenvalue weighted by molar-refractivity contribution is -0.104. The molecule has 0 bridgehead atoms. The summed E-state index contributed by atoms with van der Waals surface area (Å²) >= 11 is 0. The Kier molecular flexibility index (Phi) is 5.65. The lowest BCUT2D eigenvalue weighted by Gasteiger charge is -2.46. The molecule has 0 unspecified atom stereocenters. The molecule has 0 amide bonds. The fraction of sp³-hybridized carbons (Fsp3) is 0.577. The molecule has 2 N–H and O–H groups in total. The molecule has 1 aromatic heterocycles. The van der Waals surface area contributed by atoms with Crippen molar-refractivity contribution >= 4 is 0 Å². The average Bonchev–Trinajstić information content (AvgIpc) is 3.23. The van der Waals surface area contributed by atoms with E-state index in [2.05, 4.69) is 35.6 Å². The van der Waals surface area contributed by atoms with Crippen LogP contribution in [0.4, 0.5) is 0 Å². The van der Waals surface area contributed by atoms with Crippen LogP contribution in [0.1, 0.15) is 86.8 Å². The first kappa shape index (κ1) is 20.2. The highest BCUT2D eigenvalue weighted by molar-refractivity contribution is 5.34. The number of aliphatic hydroxyl groups excluding tert-OH is 1. The molecule has 2 aliphatic carbocycles. The summed E-state index contributed by atoms with van der Waals surface area (Å²) in [6.45, 7) is 1.80. The molecule has 30 heavy (non-hydrogen) atoms. The van der Waals surface area contributed by atoms with Crippen molar-refractivity contribution in [2.75, 3.05) is 13.2 Å². The molecule has 2 fully saturated rings. The van der Waals surface area contributed by atoms with Crippen molar-refractivity contribution in [3.05, 3.63) is 65.5 Å². The Hall–Kier alpha value is -1.75. The quantitative estimate of drug-likeness (QED) is 0.734. The number of nitrogens with zero attached hydrogens (tertiary/aromatic N) is 1. The molecule has 0 radical (unpaired) electrons. The van der Waals surface area contributed by atoms with E-state index in [1.54, 1.807) is 0 Å². The van der Waals surface area contributed by atoms with Gasteiger partial charge in [-0.25, -0.2) is 0 Å². The third-order valence-electron chi connectivity index (χ3n) is 7.83. The van der Waals surface area contributed by atoms with Gasteiger partial charge in [-0.15, -0.1) is 0 Å². The summed E-state index contributed by atoms with van der Waals surface area (Å²) in [5.41, 5.74) is 3.75. The summed E-state index contributed by atoms with van der Waals surface area (Å²) in [5.74, 6) is 0. The number of fused-ring (bicyclic) bond motifs is 1. The molecular formula is C26H34N2O2. The van der Waals surface area contributed by atoms with Crippen LogP contribution >= 0.6 is 0 Å². The smallest absolute Gasteiger partial charge is 0.0794 e. The third kappa shape index (κ3) is 3.81. The minimum Gasteiger partial charge on any atom is -0.388 e. The number of aliphatic hydroxyl groups is 1. The van der Waals surface area contributed by atoms with Gasteiger partial charge in [0.25, 0.3) is 0 Å². The molecule has 2 aromatic rings. The van der Waals surface area contributed by atoms with Gasteiger partial charge in [0.1, 0.15) is 0 Å². The number of ether oxygens (including phenoxy) is 1. The summed E-state index contributed by atoms with van der Waals surface area (Å²) in [4.78, 5) is 4.82. The summed E-state index contributed by atoms with van der Waals surface area (Å²) in [5, 5.41) is 14.2. The van der Waals surface area contributed by atoms with Crippen molar-refractivity contribution in [3.63, 3.8) is 0 Å². The number of benzene rings is 1. The SMILES string of the molecule is O[C@H]1CC[C@H](NCC[C@@]2(c3ccccn3)CCOC3(CCCC3)C2)c2ccccc21. The Labute approximate surface area is 180 Å². The van der Waals surface area contributed by atoms with Gasteiger partial charge in [0.05, 0.1) is 11.7 Å². The fourth-order valence-electron chi connectivity index (χ4n) is 6.26. The monoisotopic (exact) mass is 406 g/mol. The van der Waals surface area contributed by atoms with Gasteiger partial charge in [-0.2, -0.15) is 0 Å². The van der Waals surface area contributed by atoms with Gasteiger partial charge in [-0.1, -0.05) is 43.2 Å². The summed E-state index contributed by atoms with van der Waals surface area (Å²) in [6.07, 6.45) is 11.6. The second kappa shape index (κ2) is 8.41. The normalized spacial score (nSPS) is 30.3. The number of aromatic nitrogens is 1. The Morgan fingerprint density at radius 1 is 1.00 bits per heavy atom. The average molecular weight is 407 g/mol. The number of hydrogen-bond donors (Lipinski definition) is 2. The van der Waals surface area contributed by atoms with Crippen LogP contribution in [0, 0.1) is 0 Å². The number of rotatable bonds is 5. The van der Waals surface area contributed by atoms with Crippen LogP contribution in [0.25, 0.3) is 0 Å². The van der Waals surface area contributed by atoms with Gasteiger partial charge >= 0.3 is 0 Å².